The van der Waals surface area contributed by atoms with Gasteiger partial charge in [0.15, 0.2) is 0 Å². The molecular formula is C29H35N5O4. The van der Waals surface area contributed by atoms with Gasteiger partial charge in [0.05, 0.1) is 0 Å². The number of fused-ring (bicyclic) bond motifs is 1. The number of nitrogen functional groups attached to an aromatic ring is 1. The third kappa shape index (κ3) is 7.01. The predicted octanol–water partition coefficient (Wildman–Crippen LogP) is 5.24. The molecule has 1 saturated carbocycles. The van der Waals surface area contributed by atoms with Crippen molar-refractivity contribution >= 4 is 17.4 Å². The van der Waals surface area contributed by atoms with Crippen LogP contribution in [0.4, 0.5) is 10.6 Å². The number of nitrogens with zero attached hydrogens (tertiary/aromatic N) is 3. The number of aliphatic hydroxyl groups excluding tert-OH is 1. The zero-order valence-electron chi connectivity index (χ0n) is 21.4. The van der Waals surface area contributed by atoms with Crippen LogP contribution in [-0.4, -0.2) is 43.8 Å². The van der Waals surface area contributed by atoms with E-state index in [0.29, 0.717) is 31.3 Å². The molecule has 5 rings (SSSR count). The molecule has 1 fully saturated rings. The molecule has 2 heterocycles. The number of benzene rings is 2. The molecule has 2 aromatic carbocycles. The monoisotopic (exact) mass is 517 g/mol. The van der Waals surface area contributed by atoms with E-state index in [1.165, 1.54) is 32.1 Å². The molecule has 200 valence electrons. The first-order chi connectivity index (χ1) is 18.6. The predicted molar refractivity (Wildman–Crippen MR) is 147 cm³/mol. The third-order valence-electron chi connectivity index (χ3n) is 6.55. The van der Waals surface area contributed by atoms with Crippen molar-refractivity contribution in [2.75, 3.05) is 18.9 Å². The second kappa shape index (κ2) is 13.4. The van der Waals surface area contributed by atoms with Gasteiger partial charge >= 0.3 is 6.09 Å². The molecule has 0 radical (unpaired) electrons. The average Bonchev–Trinajstić information content (AvgIpc) is 3.35. The highest BCUT2D eigenvalue weighted by atomic mass is 16.5. The largest absolute Gasteiger partial charge is 0.489 e. The minimum Gasteiger partial charge on any atom is -0.489 e. The number of rotatable bonds is 8. The van der Waals surface area contributed by atoms with E-state index in [0.717, 1.165) is 33.9 Å². The standard InChI is InChI=1S/C25H26N4O.C4H9NO3/c26-24-23-22(28-25(29(23)15-14-27-24)19-10-5-2-6-11-19)20-12-7-13-21(16-20)30-17-18-8-3-1-4-9-18;6-3-1-2-5-4(7)8/h1,3-4,7-9,12-16,19H,2,5-6,10-11,17H2,(H2,26,27);5-6H,1-3H2,(H,7,8). The number of amides is 1. The van der Waals surface area contributed by atoms with Crippen LogP contribution in [-0.2, 0) is 6.61 Å². The second-order valence-corrected chi connectivity index (χ2v) is 9.30. The number of imidazole rings is 1. The van der Waals surface area contributed by atoms with Crippen molar-refractivity contribution in [1.82, 2.24) is 19.7 Å². The fourth-order valence-corrected chi connectivity index (χ4v) is 4.69. The number of ether oxygens (including phenoxy) is 1. The molecule has 5 N–H and O–H groups in total. The van der Waals surface area contributed by atoms with Crippen LogP contribution in [0.5, 0.6) is 5.75 Å². The molecule has 0 aliphatic heterocycles. The Bertz CT molecular complexity index is 1320. The molecule has 9 nitrogen and oxygen atoms in total. The summed E-state index contributed by atoms with van der Waals surface area (Å²) in [7, 11) is 0. The van der Waals surface area contributed by atoms with Crippen molar-refractivity contribution in [3.8, 4) is 17.0 Å². The number of anilines is 1. The van der Waals surface area contributed by atoms with Crippen molar-refractivity contribution in [2.45, 2.75) is 51.0 Å². The van der Waals surface area contributed by atoms with Crippen molar-refractivity contribution in [3.63, 3.8) is 0 Å². The molecule has 2 aromatic heterocycles. The van der Waals surface area contributed by atoms with E-state index in [4.69, 9.17) is 25.7 Å². The lowest BCUT2D eigenvalue weighted by molar-refractivity contribution is 0.193. The van der Waals surface area contributed by atoms with Crippen LogP contribution < -0.4 is 15.8 Å². The summed E-state index contributed by atoms with van der Waals surface area (Å²) < 4.78 is 8.18. The zero-order chi connectivity index (χ0) is 26.7. The molecule has 4 aromatic rings. The minimum atomic E-state index is -1.04. The minimum absolute atomic E-state index is 0.0281. The van der Waals surface area contributed by atoms with E-state index in [1.54, 1.807) is 6.20 Å². The highest BCUT2D eigenvalue weighted by Gasteiger charge is 2.24. The van der Waals surface area contributed by atoms with Gasteiger partial charge in [0.25, 0.3) is 0 Å². The van der Waals surface area contributed by atoms with Crippen LogP contribution in [0.15, 0.2) is 67.0 Å². The smallest absolute Gasteiger partial charge is 0.404 e. The van der Waals surface area contributed by atoms with Crippen LogP contribution in [0, 0.1) is 0 Å². The number of aromatic nitrogens is 3. The number of aliphatic hydroxyl groups is 1. The Morgan fingerprint density at radius 2 is 1.89 bits per heavy atom. The van der Waals surface area contributed by atoms with Crippen LogP contribution in [0.3, 0.4) is 0 Å². The van der Waals surface area contributed by atoms with Crippen LogP contribution in [0.2, 0.25) is 0 Å². The van der Waals surface area contributed by atoms with E-state index in [1.807, 2.05) is 42.6 Å². The number of hydrogen-bond donors (Lipinski definition) is 4. The highest BCUT2D eigenvalue weighted by molar-refractivity contribution is 5.85. The SMILES string of the molecule is Nc1nccn2c(C3CCCCC3)nc(-c3cccc(OCc4ccccc4)c3)c12.O=C(O)NCCCO. The van der Waals surface area contributed by atoms with Gasteiger partial charge in [0.1, 0.15) is 35.2 Å². The second-order valence-electron chi connectivity index (χ2n) is 9.30. The van der Waals surface area contributed by atoms with Gasteiger partial charge in [-0.05, 0) is 37.0 Å². The number of hydrogen-bond acceptors (Lipinski definition) is 6. The van der Waals surface area contributed by atoms with Crippen LogP contribution >= 0.6 is 0 Å². The maximum Gasteiger partial charge on any atom is 0.404 e. The summed E-state index contributed by atoms with van der Waals surface area (Å²) in [6.45, 7) is 0.886. The van der Waals surface area contributed by atoms with Crippen LogP contribution in [0.25, 0.3) is 16.8 Å². The van der Waals surface area contributed by atoms with E-state index in [9.17, 15) is 4.79 Å². The zero-order valence-corrected chi connectivity index (χ0v) is 21.4. The number of nitrogens with one attached hydrogen (secondary N) is 1. The van der Waals surface area contributed by atoms with Gasteiger partial charge in [-0.25, -0.2) is 14.8 Å². The van der Waals surface area contributed by atoms with E-state index in [-0.39, 0.29) is 6.61 Å². The number of carbonyl (C=O) groups is 1. The quantitative estimate of drug-likeness (QED) is 0.235. The summed E-state index contributed by atoms with van der Waals surface area (Å²) in [5, 5.41) is 18.2. The fourth-order valence-electron chi connectivity index (χ4n) is 4.69. The first-order valence-corrected chi connectivity index (χ1v) is 13.0. The Morgan fingerprint density at radius 3 is 2.63 bits per heavy atom. The Labute approximate surface area is 222 Å². The number of nitrogens with two attached hydrogens (primary N) is 1. The Kier molecular flexibility index (Phi) is 9.53. The maximum atomic E-state index is 9.68. The molecule has 0 saturated heterocycles. The van der Waals surface area contributed by atoms with Gasteiger partial charge in [0, 0.05) is 37.0 Å². The summed E-state index contributed by atoms with van der Waals surface area (Å²) in [6.07, 6.45) is 9.39. The van der Waals surface area contributed by atoms with Gasteiger partial charge < -0.3 is 26.0 Å². The number of carboxylic acid groups (broad SMARTS) is 1. The summed E-state index contributed by atoms with van der Waals surface area (Å²) in [6, 6.07) is 18.3. The van der Waals surface area contributed by atoms with Crippen molar-refractivity contribution in [2.24, 2.45) is 0 Å². The molecule has 1 aliphatic rings. The molecule has 0 spiro atoms. The molecule has 0 unspecified atom stereocenters. The molecule has 38 heavy (non-hydrogen) atoms. The van der Waals surface area contributed by atoms with Crippen molar-refractivity contribution in [3.05, 3.63) is 78.4 Å². The Morgan fingerprint density at radius 1 is 1.11 bits per heavy atom. The summed E-state index contributed by atoms with van der Waals surface area (Å²) >= 11 is 0. The molecular weight excluding hydrogens is 482 g/mol. The van der Waals surface area contributed by atoms with Crippen molar-refractivity contribution in [1.29, 1.82) is 0 Å². The summed E-state index contributed by atoms with van der Waals surface area (Å²) in [4.78, 5) is 19.1. The molecule has 1 aliphatic carbocycles. The van der Waals surface area contributed by atoms with Crippen LogP contribution in [0.1, 0.15) is 55.8 Å². The normalized spacial score (nSPS) is 13.5. The molecule has 1 amide bonds. The van der Waals surface area contributed by atoms with Gasteiger partial charge in [-0.3, -0.25) is 4.40 Å². The lowest BCUT2D eigenvalue weighted by Crippen LogP contribution is -2.22. The summed E-state index contributed by atoms with van der Waals surface area (Å²) in [5.74, 6) is 2.90. The third-order valence-corrected chi connectivity index (χ3v) is 6.55. The molecule has 9 heteroatoms. The van der Waals surface area contributed by atoms with Gasteiger partial charge in [-0.1, -0.05) is 61.7 Å². The lowest BCUT2D eigenvalue weighted by Gasteiger charge is -2.20. The fraction of sp³-hybridized carbons (Fsp3) is 0.345. The van der Waals surface area contributed by atoms with E-state index >= 15 is 0 Å². The lowest BCUT2D eigenvalue weighted by atomic mass is 9.89. The van der Waals surface area contributed by atoms with Gasteiger partial charge in [-0.2, -0.15) is 0 Å². The van der Waals surface area contributed by atoms with Gasteiger partial charge in [-0.15, -0.1) is 0 Å². The average molecular weight is 518 g/mol. The van der Waals surface area contributed by atoms with Crippen molar-refractivity contribution < 1.29 is 19.7 Å². The summed E-state index contributed by atoms with van der Waals surface area (Å²) in [5.41, 5.74) is 10.2. The first kappa shape index (κ1) is 26.9. The Balaban J connectivity index is 0.000000368. The highest BCUT2D eigenvalue weighted by Crippen LogP contribution is 2.37. The van der Waals surface area contributed by atoms with Gasteiger partial charge in [0.2, 0.25) is 0 Å². The van der Waals surface area contributed by atoms with E-state index in [2.05, 4.69) is 32.9 Å². The molecule has 0 bridgehead atoms. The van der Waals surface area contributed by atoms with E-state index < -0.39 is 6.09 Å². The Hall–Kier alpha value is -4.11. The maximum absolute atomic E-state index is 9.68. The first-order valence-electron chi connectivity index (χ1n) is 13.0. The molecule has 0 atom stereocenters. The topological polar surface area (TPSA) is 135 Å².